The van der Waals surface area contributed by atoms with Crippen molar-refractivity contribution in [2.75, 3.05) is 11.9 Å². The second-order valence-corrected chi connectivity index (χ2v) is 7.79. The number of fused-ring (bicyclic) bond motifs is 2. The van der Waals surface area contributed by atoms with Crippen molar-refractivity contribution < 1.29 is 18.8 Å². The maximum absolute atomic E-state index is 12.8. The summed E-state index contributed by atoms with van der Waals surface area (Å²) < 4.78 is 10.9. The molecule has 2 N–H and O–H groups in total. The molecular weight excluding hydrogens is 392 g/mol. The predicted molar refractivity (Wildman–Crippen MR) is 107 cm³/mol. The van der Waals surface area contributed by atoms with Gasteiger partial charge in [-0.2, -0.15) is 4.98 Å². The maximum atomic E-state index is 12.8. The number of nitrogens with zero attached hydrogens (tertiary/aromatic N) is 2. The number of amides is 1. The molecule has 0 saturated carbocycles. The monoisotopic (exact) mass is 408 g/mol. The van der Waals surface area contributed by atoms with Gasteiger partial charge in [-0.1, -0.05) is 23.4 Å². The van der Waals surface area contributed by atoms with Gasteiger partial charge in [0, 0.05) is 22.0 Å². The van der Waals surface area contributed by atoms with Gasteiger partial charge in [0.25, 0.3) is 17.6 Å². The van der Waals surface area contributed by atoms with Crippen LogP contribution in [0, 0.1) is 6.92 Å². The second-order valence-electron chi connectivity index (χ2n) is 6.69. The van der Waals surface area contributed by atoms with Crippen LogP contribution in [0.5, 0.6) is 0 Å². The molecule has 0 unspecified atom stereocenters. The Kier molecular flexibility index (Phi) is 4.26. The van der Waals surface area contributed by atoms with Crippen LogP contribution in [0.25, 0.3) is 22.4 Å². The Balaban J connectivity index is 1.51. The van der Waals surface area contributed by atoms with E-state index in [0.29, 0.717) is 52.9 Å². The molecule has 8 nitrogen and oxygen atoms in total. The van der Waals surface area contributed by atoms with Crippen LogP contribution < -0.4 is 5.32 Å². The van der Waals surface area contributed by atoms with Gasteiger partial charge in [0.15, 0.2) is 5.82 Å². The molecule has 0 fully saturated rings. The molecule has 4 aromatic rings. The first-order chi connectivity index (χ1) is 14.1. The van der Waals surface area contributed by atoms with Gasteiger partial charge in [-0.15, -0.1) is 11.3 Å². The normalized spacial score (nSPS) is 13.4. The summed E-state index contributed by atoms with van der Waals surface area (Å²) in [4.78, 5) is 33.9. The molecule has 0 aliphatic carbocycles. The molecule has 0 spiro atoms. The third kappa shape index (κ3) is 3.04. The fourth-order valence-electron chi connectivity index (χ4n) is 3.49. The molecule has 0 bridgehead atoms. The molecule has 9 heteroatoms. The zero-order valence-corrected chi connectivity index (χ0v) is 16.3. The number of thiophene rings is 1. The minimum absolute atomic E-state index is 0.330. The van der Waals surface area contributed by atoms with E-state index in [2.05, 4.69) is 20.4 Å². The molecular formula is C20H16N4O4S. The summed E-state index contributed by atoms with van der Waals surface area (Å²) in [6, 6.07) is 7.35. The van der Waals surface area contributed by atoms with E-state index >= 15 is 0 Å². The maximum Gasteiger partial charge on any atom is 0.297 e. The van der Waals surface area contributed by atoms with Crippen molar-refractivity contribution in [1.82, 2.24) is 15.1 Å². The first kappa shape index (κ1) is 17.8. The number of Topliss-reactive ketones (excluding diaryl/α,β-unsaturated/α-hetero) is 1. The number of H-pyrrole nitrogens is 1. The molecule has 146 valence electrons. The van der Waals surface area contributed by atoms with Crippen LogP contribution in [-0.2, 0) is 22.6 Å². The number of ether oxygens (including phenoxy) is 1. The largest absolute Gasteiger partial charge is 0.376 e. The number of ketones is 1. The number of carbonyl (C=O) groups is 2. The Hall–Kier alpha value is -3.30. The quantitative estimate of drug-likeness (QED) is 0.395. The molecule has 1 amide bonds. The molecule has 5 rings (SSSR count). The highest BCUT2D eigenvalue weighted by atomic mass is 32.1. The van der Waals surface area contributed by atoms with E-state index in [0.717, 1.165) is 16.0 Å². The number of hydrogen-bond donors (Lipinski definition) is 2. The van der Waals surface area contributed by atoms with Gasteiger partial charge in [0.05, 0.1) is 24.3 Å². The van der Waals surface area contributed by atoms with Gasteiger partial charge >= 0.3 is 0 Å². The summed E-state index contributed by atoms with van der Waals surface area (Å²) in [5, 5.41) is 7.84. The second kappa shape index (κ2) is 6.94. The van der Waals surface area contributed by atoms with E-state index in [9.17, 15) is 9.59 Å². The zero-order chi connectivity index (χ0) is 20.0. The summed E-state index contributed by atoms with van der Waals surface area (Å²) in [7, 11) is 0. The van der Waals surface area contributed by atoms with Crippen molar-refractivity contribution in [1.29, 1.82) is 0 Å². The molecule has 0 saturated heterocycles. The topological polar surface area (TPSA) is 110 Å². The highest BCUT2D eigenvalue weighted by molar-refractivity contribution is 7.17. The van der Waals surface area contributed by atoms with Crippen LogP contribution in [0.15, 0.2) is 35.0 Å². The summed E-state index contributed by atoms with van der Waals surface area (Å²) >= 11 is 1.37. The zero-order valence-electron chi connectivity index (χ0n) is 15.4. The highest BCUT2D eigenvalue weighted by Crippen LogP contribution is 2.42. The van der Waals surface area contributed by atoms with Gasteiger partial charge in [0.2, 0.25) is 0 Å². The number of nitrogens with one attached hydrogen (secondary N) is 2. The Bertz CT molecular complexity index is 1250. The van der Waals surface area contributed by atoms with Crippen LogP contribution in [-0.4, -0.2) is 33.4 Å². The van der Waals surface area contributed by atoms with E-state index in [4.69, 9.17) is 9.26 Å². The Morgan fingerprint density at radius 3 is 2.97 bits per heavy atom. The van der Waals surface area contributed by atoms with Crippen LogP contribution in [0.4, 0.5) is 5.00 Å². The smallest absolute Gasteiger partial charge is 0.297 e. The van der Waals surface area contributed by atoms with E-state index in [1.165, 1.54) is 11.3 Å². The van der Waals surface area contributed by atoms with Crippen LogP contribution in [0.2, 0.25) is 0 Å². The van der Waals surface area contributed by atoms with Gasteiger partial charge in [0.1, 0.15) is 5.00 Å². The summed E-state index contributed by atoms with van der Waals surface area (Å²) in [5.41, 5.74) is 2.82. The number of anilines is 1. The van der Waals surface area contributed by atoms with Crippen molar-refractivity contribution >= 4 is 38.9 Å². The number of para-hydroxylation sites is 1. The Labute approximate surface area is 168 Å². The van der Waals surface area contributed by atoms with Gasteiger partial charge in [-0.25, -0.2) is 0 Å². The molecule has 0 atom stereocenters. The molecule has 1 aliphatic heterocycles. The lowest BCUT2D eigenvalue weighted by molar-refractivity contribution is -0.112. The van der Waals surface area contributed by atoms with E-state index in [-0.39, 0.29) is 0 Å². The lowest BCUT2D eigenvalue weighted by atomic mass is 10.1. The third-order valence-corrected chi connectivity index (χ3v) is 5.95. The fraction of sp³-hybridized carbons (Fsp3) is 0.200. The number of benzene rings is 1. The Morgan fingerprint density at radius 1 is 1.28 bits per heavy atom. The van der Waals surface area contributed by atoms with Crippen LogP contribution in [0.3, 0.4) is 0 Å². The molecule has 4 heterocycles. The highest BCUT2D eigenvalue weighted by Gasteiger charge is 2.28. The van der Waals surface area contributed by atoms with Crippen molar-refractivity contribution in [3.8, 4) is 11.5 Å². The number of aryl methyl sites for hydroxylation is 1. The Morgan fingerprint density at radius 2 is 2.14 bits per heavy atom. The number of aromatic nitrogens is 3. The SMILES string of the molecule is Cc1noc(-c2c(NC(=O)C(=O)c3c[nH]c4ccccc34)sc3c2CCOC3)n1. The molecule has 1 aliphatic rings. The van der Waals surface area contributed by atoms with Gasteiger partial charge in [-0.05, 0) is 25.0 Å². The van der Waals surface area contributed by atoms with Crippen molar-refractivity contribution in [3.05, 3.63) is 52.3 Å². The number of carbonyl (C=O) groups excluding carboxylic acids is 2. The van der Waals surface area contributed by atoms with E-state index in [1.807, 2.05) is 18.2 Å². The fourth-order valence-corrected chi connectivity index (χ4v) is 4.66. The van der Waals surface area contributed by atoms with Crippen molar-refractivity contribution in [3.63, 3.8) is 0 Å². The standard InChI is InChI=1S/C20H16N4O4S/c1-10-22-19(28-24-10)16-12-6-7-27-9-15(12)29-20(16)23-18(26)17(25)13-8-21-14-5-3-2-4-11(13)14/h2-5,8,21H,6-7,9H2,1H3,(H,23,26). The van der Waals surface area contributed by atoms with Gasteiger partial charge < -0.3 is 19.6 Å². The number of hydrogen-bond acceptors (Lipinski definition) is 7. The van der Waals surface area contributed by atoms with Crippen molar-refractivity contribution in [2.24, 2.45) is 0 Å². The van der Waals surface area contributed by atoms with Crippen LogP contribution >= 0.6 is 11.3 Å². The molecule has 29 heavy (non-hydrogen) atoms. The van der Waals surface area contributed by atoms with Crippen molar-refractivity contribution in [2.45, 2.75) is 20.0 Å². The minimum atomic E-state index is -0.716. The average molecular weight is 408 g/mol. The average Bonchev–Trinajstić information content (AvgIpc) is 3.43. The summed E-state index contributed by atoms with van der Waals surface area (Å²) in [6.07, 6.45) is 2.23. The van der Waals surface area contributed by atoms with E-state index < -0.39 is 11.7 Å². The first-order valence-corrected chi connectivity index (χ1v) is 9.88. The molecule has 0 radical (unpaired) electrons. The number of rotatable bonds is 4. The molecule has 1 aromatic carbocycles. The van der Waals surface area contributed by atoms with Gasteiger partial charge in [-0.3, -0.25) is 9.59 Å². The predicted octanol–water partition coefficient (Wildman–Crippen LogP) is 3.48. The molecule has 3 aromatic heterocycles. The van der Waals surface area contributed by atoms with Crippen LogP contribution in [0.1, 0.15) is 26.6 Å². The first-order valence-electron chi connectivity index (χ1n) is 9.06. The third-order valence-electron chi connectivity index (χ3n) is 4.83. The lowest BCUT2D eigenvalue weighted by Crippen LogP contribution is -2.22. The van der Waals surface area contributed by atoms with E-state index in [1.54, 1.807) is 19.2 Å². The minimum Gasteiger partial charge on any atom is -0.376 e. The summed E-state index contributed by atoms with van der Waals surface area (Å²) in [6.45, 7) is 2.76. The lowest BCUT2D eigenvalue weighted by Gasteiger charge is -2.12. The summed E-state index contributed by atoms with van der Waals surface area (Å²) in [5.74, 6) is -0.500. The number of aromatic amines is 1.